The summed E-state index contributed by atoms with van der Waals surface area (Å²) in [5.41, 5.74) is 1.84. The molecule has 0 fully saturated rings. The van der Waals surface area contributed by atoms with Crippen molar-refractivity contribution >= 4 is 32.6 Å². The van der Waals surface area contributed by atoms with E-state index in [1.807, 2.05) is 42.3 Å². The normalized spacial score (nSPS) is 12.5. The Balaban J connectivity index is 1.64. The highest BCUT2D eigenvalue weighted by molar-refractivity contribution is 7.22. The molecule has 3 rings (SSSR count). The predicted octanol–water partition coefficient (Wildman–Crippen LogP) is 4.07. The molecule has 0 aliphatic rings. The fourth-order valence-electron chi connectivity index (χ4n) is 2.46. The van der Waals surface area contributed by atoms with E-state index in [1.165, 1.54) is 23.5 Å². The van der Waals surface area contributed by atoms with Gasteiger partial charge in [0.15, 0.2) is 5.13 Å². The van der Waals surface area contributed by atoms with Gasteiger partial charge in [0.25, 0.3) is 0 Å². The van der Waals surface area contributed by atoms with Gasteiger partial charge in [-0.3, -0.25) is 9.69 Å². The van der Waals surface area contributed by atoms with Crippen molar-refractivity contribution in [2.75, 3.05) is 18.9 Å². The number of benzene rings is 2. The van der Waals surface area contributed by atoms with Gasteiger partial charge >= 0.3 is 0 Å². The first-order chi connectivity index (χ1) is 11.5. The van der Waals surface area contributed by atoms with Crippen molar-refractivity contribution in [2.24, 2.45) is 0 Å². The summed E-state index contributed by atoms with van der Waals surface area (Å²) >= 11 is 1.27. The predicted molar refractivity (Wildman–Crippen MR) is 95.7 cm³/mol. The molecule has 1 aromatic heterocycles. The van der Waals surface area contributed by atoms with Crippen LogP contribution in [0.25, 0.3) is 10.2 Å². The fraction of sp³-hybridized carbons (Fsp3) is 0.222. The minimum atomic E-state index is -0.305. The largest absolute Gasteiger partial charge is 0.301 e. The van der Waals surface area contributed by atoms with E-state index >= 15 is 0 Å². The number of halogens is 1. The quantitative estimate of drug-likeness (QED) is 0.760. The Hall–Kier alpha value is -2.31. The van der Waals surface area contributed by atoms with E-state index in [0.717, 1.165) is 10.3 Å². The van der Waals surface area contributed by atoms with Gasteiger partial charge in [-0.05, 0) is 37.7 Å². The van der Waals surface area contributed by atoms with Gasteiger partial charge in [0, 0.05) is 6.04 Å². The van der Waals surface area contributed by atoms with Crippen molar-refractivity contribution in [1.29, 1.82) is 0 Å². The number of carbonyl (C=O) groups is 1. The smallest absolute Gasteiger partial charge is 0.240 e. The molecule has 0 saturated heterocycles. The highest BCUT2D eigenvalue weighted by atomic mass is 32.1. The second-order valence-electron chi connectivity index (χ2n) is 5.68. The van der Waals surface area contributed by atoms with E-state index < -0.39 is 0 Å². The van der Waals surface area contributed by atoms with E-state index in [9.17, 15) is 9.18 Å². The van der Waals surface area contributed by atoms with Crippen LogP contribution >= 0.6 is 11.3 Å². The Morgan fingerprint density at radius 3 is 2.79 bits per heavy atom. The molecule has 24 heavy (non-hydrogen) atoms. The first kappa shape index (κ1) is 16.5. The highest BCUT2D eigenvalue weighted by Gasteiger charge is 2.16. The number of rotatable bonds is 5. The second kappa shape index (κ2) is 7.07. The van der Waals surface area contributed by atoms with Crippen LogP contribution in [0.5, 0.6) is 0 Å². The monoisotopic (exact) mass is 343 g/mol. The number of hydrogen-bond donors (Lipinski definition) is 1. The van der Waals surface area contributed by atoms with Gasteiger partial charge in [0.05, 0.1) is 16.8 Å². The zero-order chi connectivity index (χ0) is 17.1. The maximum absolute atomic E-state index is 13.2. The summed E-state index contributed by atoms with van der Waals surface area (Å²) in [6, 6.07) is 14.6. The van der Waals surface area contributed by atoms with Gasteiger partial charge < -0.3 is 5.32 Å². The molecule has 1 atom stereocenters. The number of nitrogens with zero attached hydrogens (tertiary/aromatic N) is 2. The molecule has 1 N–H and O–H groups in total. The molecular weight excluding hydrogens is 325 g/mol. The molecule has 0 saturated carbocycles. The molecule has 0 aliphatic carbocycles. The van der Waals surface area contributed by atoms with Gasteiger partial charge in [-0.15, -0.1) is 0 Å². The number of carbonyl (C=O) groups excluding carboxylic acids is 1. The van der Waals surface area contributed by atoms with Crippen molar-refractivity contribution in [3.05, 3.63) is 59.9 Å². The van der Waals surface area contributed by atoms with Crippen LogP contribution in [-0.4, -0.2) is 29.4 Å². The molecule has 1 amide bonds. The first-order valence-electron chi connectivity index (χ1n) is 7.64. The molecule has 4 nitrogen and oxygen atoms in total. The summed E-state index contributed by atoms with van der Waals surface area (Å²) in [4.78, 5) is 18.5. The topological polar surface area (TPSA) is 45.2 Å². The van der Waals surface area contributed by atoms with Crippen molar-refractivity contribution < 1.29 is 9.18 Å². The van der Waals surface area contributed by atoms with Gasteiger partial charge in [-0.2, -0.15) is 0 Å². The summed E-state index contributed by atoms with van der Waals surface area (Å²) < 4.78 is 13.9. The summed E-state index contributed by atoms with van der Waals surface area (Å²) in [7, 11) is 1.91. The van der Waals surface area contributed by atoms with Crippen molar-refractivity contribution in [2.45, 2.75) is 13.0 Å². The molecular formula is C18H18FN3OS. The fourth-order valence-corrected chi connectivity index (χ4v) is 3.37. The number of thiazole rings is 1. The lowest BCUT2D eigenvalue weighted by Gasteiger charge is -2.24. The Bertz CT molecular complexity index is 850. The number of anilines is 1. The van der Waals surface area contributed by atoms with Gasteiger partial charge in [-0.25, -0.2) is 9.37 Å². The summed E-state index contributed by atoms with van der Waals surface area (Å²) in [6.45, 7) is 2.31. The second-order valence-corrected chi connectivity index (χ2v) is 6.71. The van der Waals surface area contributed by atoms with E-state index in [0.29, 0.717) is 10.6 Å². The number of aromatic nitrogens is 1. The van der Waals surface area contributed by atoms with Gasteiger partial charge in [0.1, 0.15) is 5.82 Å². The molecule has 1 unspecified atom stereocenters. The van der Waals surface area contributed by atoms with Gasteiger partial charge in [-0.1, -0.05) is 41.7 Å². The van der Waals surface area contributed by atoms with Crippen LogP contribution in [0.1, 0.15) is 18.5 Å². The van der Waals surface area contributed by atoms with Crippen LogP contribution in [0.2, 0.25) is 0 Å². The third-order valence-corrected chi connectivity index (χ3v) is 4.87. The van der Waals surface area contributed by atoms with E-state index in [2.05, 4.69) is 17.2 Å². The lowest BCUT2D eigenvalue weighted by atomic mass is 10.1. The van der Waals surface area contributed by atoms with Gasteiger partial charge in [0.2, 0.25) is 5.91 Å². The van der Waals surface area contributed by atoms with E-state index in [4.69, 9.17) is 0 Å². The van der Waals surface area contributed by atoms with Crippen LogP contribution < -0.4 is 5.32 Å². The van der Waals surface area contributed by atoms with Crippen molar-refractivity contribution in [3.63, 3.8) is 0 Å². The first-order valence-corrected chi connectivity index (χ1v) is 8.46. The van der Waals surface area contributed by atoms with E-state index in [-0.39, 0.29) is 24.3 Å². The minimum Gasteiger partial charge on any atom is -0.301 e. The highest BCUT2D eigenvalue weighted by Crippen LogP contribution is 2.26. The van der Waals surface area contributed by atoms with Crippen LogP contribution in [0.4, 0.5) is 9.52 Å². The number of fused-ring (bicyclic) bond motifs is 1. The molecule has 0 bridgehead atoms. The summed E-state index contributed by atoms with van der Waals surface area (Å²) in [5, 5.41) is 3.28. The molecule has 0 radical (unpaired) electrons. The summed E-state index contributed by atoms with van der Waals surface area (Å²) in [5.74, 6) is -0.444. The molecule has 1 heterocycles. The number of amides is 1. The third-order valence-electron chi connectivity index (χ3n) is 3.93. The molecule has 3 aromatic rings. The maximum atomic E-state index is 13.2. The number of nitrogens with one attached hydrogen (secondary N) is 1. The third kappa shape index (κ3) is 3.77. The average molecular weight is 343 g/mol. The molecule has 2 aromatic carbocycles. The zero-order valence-corrected chi connectivity index (χ0v) is 14.3. The standard InChI is InChI=1S/C18H18FN3OS/c1-12(13-6-4-3-5-7-13)22(2)11-17(23)21-18-20-15-9-8-14(19)10-16(15)24-18/h3-10,12H,11H2,1-2H3,(H,20,21,23). The summed E-state index contributed by atoms with van der Waals surface area (Å²) in [6.07, 6.45) is 0. The average Bonchev–Trinajstić information content (AvgIpc) is 2.95. The Labute approximate surface area is 143 Å². The van der Waals surface area contributed by atoms with E-state index in [1.54, 1.807) is 6.07 Å². The lowest BCUT2D eigenvalue weighted by molar-refractivity contribution is -0.117. The Morgan fingerprint density at radius 1 is 1.29 bits per heavy atom. The number of likely N-dealkylation sites (N-methyl/N-ethyl adjacent to an activating group) is 1. The Morgan fingerprint density at radius 2 is 2.04 bits per heavy atom. The van der Waals surface area contributed by atoms with Crippen molar-refractivity contribution in [3.8, 4) is 0 Å². The number of hydrogen-bond acceptors (Lipinski definition) is 4. The lowest BCUT2D eigenvalue weighted by Crippen LogP contribution is -2.32. The van der Waals surface area contributed by atoms with Crippen LogP contribution in [0.15, 0.2) is 48.5 Å². The maximum Gasteiger partial charge on any atom is 0.240 e. The Kier molecular flexibility index (Phi) is 4.87. The SMILES string of the molecule is CC(c1ccccc1)N(C)CC(=O)Nc1nc2ccc(F)cc2s1. The minimum absolute atomic E-state index is 0.126. The zero-order valence-electron chi connectivity index (χ0n) is 13.5. The molecule has 0 spiro atoms. The van der Waals surface area contributed by atoms with Crippen LogP contribution in [-0.2, 0) is 4.79 Å². The van der Waals surface area contributed by atoms with Crippen molar-refractivity contribution in [1.82, 2.24) is 9.88 Å². The molecule has 124 valence electrons. The molecule has 0 aliphatic heterocycles. The molecule has 6 heteroatoms. The van der Waals surface area contributed by atoms with Crippen LogP contribution in [0, 0.1) is 5.82 Å². The van der Waals surface area contributed by atoms with Crippen LogP contribution in [0.3, 0.4) is 0 Å².